The first-order valence-electron chi connectivity index (χ1n) is 17.1. The molecule has 9 aromatic carbocycles. The van der Waals surface area contributed by atoms with E-state index in [0.717, 1.165) is 11.4 Å². The molecule has 0 saturated heterocycles. The Bertz CT molecular complexity index is 2860. The van der Waals surface area contributed by atoms with E-state index in [1.165, 1.54) is 80.4 Å². The Labute approximate surface area is 294 Å². The van der Waals surface area contributed by atoms with E-state index in [2.05, 4.69) is 193 Å². The third-order valence-electron chi connectivity index (χ3n) is 10.0. The summed E-state index contributed by atoms with van der Waals surface area (Å²) in [6, 6.07) is 68.7. The van der Waals surface area contributed by atoms with Gasteiger partial charge in [-0.2, -0.15) is 0 Å². The second-order valence-corrected chi connectivity index (χ2v) is 13.9. The standard InChI is InChI=1S/C48H31NS/c1-3-16-33(17-4-1)46-40-24-10-9-22-37(40)38-30-29-35(31-42(38)47(46)34-18-5-2-6-19-34)49(43-26-13-20-32-15-7-8-21-36(32)43)44-27-14-25-41-39-23-11-12-28-45(39)50-48(41)44/h1-31H. The topological polar surface area (TPSA) is 3.24 Å². The highest BCUT2D eigenvalue weighted by molar-refractivity contribution is 7.26. The number of nitrogens with zero attached hydrogens (tertiary/aromatic N) is 1. The molecule has 0 N–H and O–H groups in total. The van der Waals surface area contributed by atoms with Gasteiger partial charge in [0.2, 0.25) is 0 Å². The zero-order valence-electron chi connectivity index (χ0n) is 27.3. The minimum atomic E-state index is 1.13. The molecular weight excluding hydrogens is 623 g/mol. The Kier molecular flexibility index (Phi) is 6.75. The lowest BCUT2D eigenvalue weighted by atomic mass is 9.85. The molecule has 50 heavy (non-hydrogen) atoms. The summed E-state index contributed by atoms with van der Waals surface area (Å²) < 4.78 is 2.59. The van der Waals surface area contributed by atoms with Crippen LogP contribution >= 0.6 is 11.3 Å². The molecule has 10 rings (SSSR count). The quantitative estimate of drug-likeness (QED) is 0.167. The maximum Gasteiger partial charge on any atom is 0.0640 e. The summed E-state index contributed by atoms with van der Waals surface area (Å²) in [7, 11) is 0. The second kappa shape index (κ2) is 11.7. The number of anilines is 3. The fourth-order valence-electron chi connectivity index (χ4n) is 7.85. The van der Waals surface area contributed by atoms with Gasteiger partial charge in [0.1, 0.15) is 0 Å². The number of hydrogen-bond acceptors (Lipinski definition) is 2. The Morgan fingerprint density at radius 1 is 0.340 bits per heavy atom. The predicted molar refractivity (Wildman–Crippen MR) is 217 cm³/mol. The normalized spacial score (nSPS) is 11.6. The van der Waals surface area contributed by atoms with Crippen LogP contribution < -0.4 is 4.90 Å². The maximum atomic E-state index is 2.49. The monoisotopic (exact) mass is 653 g/mol. The molecular formula is C48H31NS. The van der Waals surface area contributed by atoms with Crippen LogP contribution in [0.1, 0.15) is 0 Å². The fourth-order valence-corrected chi connectivity index (χ4v) is 9.05. The zero-order chi connectivity index (χ0) is 33.0. The van der Waals surface area contributed by atoms with Crippen molar-refractivity contribution in [1.82, 2.24) is 0 Å². The Morgan fingerprint density at radius 3 is 1.66 bits per heavy atom. The van der Waals surface area contributed by atoms with Crippen LogP contribution in [0.15, 0.2) is 188 Å². The molecule has 0 unspecified atom stereocenters. The van der Waals surface area contributed by atoms with Gasteiger partial charge in [0.25, 0.3) is 0 Å². The molecule has 0 amide bonds. The SMILES string of the molecule is c1ccc(-c2c(-c3ccccc3)c3cc(N(c4cccc5ccccc45)c4cccc5c4sc4ccccc45)ccc3c3ccccc23)cc1. The minimum absolute atomic E-state index is 1.13. The molecule has 0 aliphatic heterocycles. The summed E-state index contributed by atoms with van der Waals surface area (Å²) in [5.74, 6) is 0. The first-order chi connectivity index (χ1) is 24.8. The zero-order valence-corrected chi connectivity index (χ0v) is 28.1. The molecule has 0 bridgehead atoms. The molecule has 1 nitrogen and oxygen atoms in total. The Balaban J connectivity index is 1.35. The van der Waals surface area contributed by atoms with Gasteiger partial charge in [-0.3, -0.25) is 0 Å². The van der Waals surface area contributed by atoms with Crippen molar-refractivity contribution < 1.29 is 0 Å². The van der Waals surface area contributed by atoms with Crippen LogP contribution in [0.3, 0.4) is 0 Å². The van der Waals surface area contributed by atoms with Crippen LogP contribution in [0.4, 0.5) is 17.1 Å². The van der Waals surface area contributed by atoms with E-state index in [1.807, 2.05) is 11.3 Å². The van der Waals surface area contributed by atoms with Crippen molar-refractivity contribution in [3.05, 3.63) is 188 Å². The van der Waals surface area contributed by atoms with E-state index in [9.17, 15) is 0 Å². The van der Waals surface area contributed by atoms with Crippen molar-refractivity contribution in [1.29, 1.82) is 0 Å². The first-order valence-corrected chi connectivity index (χ1v) is 17.9. The largest absolute Gasteiger partial charge is 0.308 e. The predicted octanol–water partition coefficient (Wildman–Crippen LogP) is 14.3. The van der Waals surface area contributed by atoms with E-state index in [0.29, 0.717) is 0 Å². The van der Waals surface area contributed by atoms with Crippen molar-refractivity contribution >= 4 is 80.9 Å². The molecule has 0 radical (unpaired) electrons. The van der Waals surface area contributed by atoms with Gasteiger partial charge >= 0.3 is 0 Å². The van der Waals surface area contributed by atoms with Gasteiger partial charge in [0.15, 0.2) is 0 Å². The van der Waals surface area contributed by atoms with Crippen molar-refractivity contribution in [2.24, 2.45) is 0 Å². The average molecular weight is 654 g/mol. The summed E-state index contributed by atoms with van der Waals surface area (Å²) in [5, 5.41) is 10.0. The van der Waals surface area contributed by atoms with Crippen LogP contribution in [0.2, 0.25) is 0 Å². The molecule has 234 valence electrons. The van der Waals surface area contributed by atoms with Crippen LogP contribution in [0.25, 0.3) is 74.7 Å². The van der Waals surface area contributed by atoms with E-state index < -0.39 is 0 Å². The number of fused-ring (bicyclic) bond motifs is 7. The molecule has 0 aliphatic rings. The highest BCUT2D eigenvalue weighted by Crippen LogP contribution is 2.49. The van der Waals surface area contributed by atoms with Crippen LogP contribution in [0, 0.1) is 0 Å². The van der Waals surface area contributed by atoms with Crippen LogP contribution in [-0.4, -0.2) is 0 Å². The van der Waals surface area contributed by atoms with Crippen molar-refractivity contribution in [2.45, 2.75) is 0 Å². The van der Waals surface area contributed by atoms with Gasteiger partial charge in [-0.25, -0.2) is 0 Å². The lowest BCUT2D eigenvalue weighted by Crippen LogP contribution is -2.10. The minimum Gasteiger partial charge on any atom is -0.308 e. The van der Waals surface area contributed by atoms with E-state index >= 15 is 0 Å². The van der Waals surface area contributed by atoms with Gasteiger partial charge in [0, 0.05) is 26.5 Å². The molecule has 0 aliphatic carbocycles. The van der Waals surface area contributed by atoms with Crippen molar-refractivity contribution in [2.75, 3.05) is 4.90 Å². The second-order valence-electron chi connectivity index (χ2n) is 12.8. The molecule has 1 heterocycles. The molecule has 0 fully saturated rings. The van der Waals surface area contributed by atoms with Crippen LogP contribution in [0.5, 0.6) is 0 Å². The number of benzene rings is 9. The molecule has 0 spiro atoms. The summed E-state index contributed by atoms with van der Waals surface area (Å²) in [6.07, 6.45) is 0. The summed E-state index contributed by atoms with van der Waals surface area (Å²) in [6.45, 7) is 0. The van der Waals surface area contributed by atoms with Gasteiger partial charge in [-0.1, -0.05) is 158 Å². The number of rotatable bonds is 5. The summed E-state index contributed by atoms with van der Waals surface area (Å²) in [4.78, 5) is 2.49. The number of hydrogen-bond donors (Lipinski definition) is 0. The van der Waals surface area contributed by atoms with E-state index in [1.54, 1.807) is 0 Å². The summed E-state index contributed by atoms with van der Waals surface area (Å²) >= 11 is 1.87. The number of thiophene rings is 1. The lowest BCUT2D eigenvalue weighted by Gasteiger charge is -2.28. The Morgan fingerprint density at radius 2 is 0.880 bits per heavy atom. The molecule has 0 atom stereocenters. The molecule has 1 aromatic heterocycles. The van der Waals surface area contributed by atoms with Gasteiger partial charge in [-0.05, 0) is 79.5 Å². The third kappa shape index (κ3) is 4.53. The van der Waals surface area contributed by atoms with Crippen molar-refractivity contribution in [3.8, 4) is 22.3 Å². The summed E-state index contributed by atoms with van der Waals surface area (Å²) in [5.41, 5.74) is 8.43. The fraction of sp³-hybridized carbons (Fsp3) is 0. The van der Waals surface area contributed by atoms with Gasteiger partial charge in [0.05, 0.1) is 16.1 Å². The average Bonchev–Trinajstić information content (AvgIpc) is 3.58. The van der Waals surface area contributed by atoms with E-state index in [4.69, 9.17) is 0 Å². The first kappa shape index (κ1) is 28.8. The van der Waals surface area contributed by atoms with Crippen molar-refractivity contribution in [3.63, 3.8) is 0 Å². The van der Waals surface area contributed by atoms with E-state index in [-0.39, 0.29) is 0 Å². The van der Waals surface area contributed by atoms with Gasteiger partial charge < -0.3 is 4.90 Å². The molecule has 2 heteroatoms. The molecule has 10 aromatic rings. The Hall–Kier alpha value is -6.22. The highest BCUT2D eigenvalue weighted by Gasteiger charge is 2.23. The lowest BCUT2D eigenvalue weighted by molar-refractivity contribution is 1.32. The molecule has 0 saturated carbocycles. The maximum absolute atomic E-state index is 2.49. The third-order valence-corrected chi connectivity index (χ3v) is 11.2. The highest BCUT2D eigenvalue weighted by atomic mass is 32.1. The smallest absolute Gasteiger partial charge is 0.0640 e. The van der Waals surface area contributed by atoms with Gasteiger partial charge in [-0.15, -0.1) is 11.3 Å². The van der Waals surface area contributed by atoms with Crippen LogP contribution in [-0.2, 0) is 0 Å².